The third-order valence-electron chi connectivity index (χ3n) is 6.09. The fraction of sp³-hybridized carbons (Fsp3) is 0.409. The molecule has 3 aromatic rings. The molecule has 1 unspecified atom stereocenters. The standard InChI is InChI=1S/C22H22F2N6O/c1-13(17-3-2-14(10-25)11-27-17)30-21-16(24)8-15(23)9-18(21)28-22(30)29-6-4-20-19(12-29)26-5-7-31-20/h2-3,8-9,11,13,19-20,26H,4-7,12H2,1H3/t13?,19-,20-/m0/s1. The van der Waals surface area contributed by atoms with Gasteiger partial charge in [0.2, 0.25) is 5.95 Å². The Morgan fingerprint density at radius 1 is 1.32 bits per heavy atom. The highest BCUT2D eigenvalue weighted by Crippen LogP contribution is 2.33. The van der Waals surface area contributed by atoms with Crippen molar-refractivity contribution in [3.05, 3.63) is 53.4 Å². The van der Waals surface area contributed by atoms with Crippen molar-refractivity contribution >= 4 is 17.0 Å². The molecule has 2 saturated heterocycles. The summed E-state index contributed by atoms with van der Waals surface area (Å²) in [7, 11) is 0. The van der Waals surface area contributed by atoms with Crippen molar-refractivity contribution < 1.29 is 13.5 Å². The summed E-state index contributed by atoms with van der Waals surface area (Å²) in [5.41, 5.74) is 1.62. The number of piperidine rings is 1. The van der Waals surface area contributed by atoms with Crippen LogP contribution in [0.15, 0.2) is 30.5 Å². The van der Waals surface area contributed by atoms with Crippen molar-refractivity contribution in [2.24, 2.45) is 0 Å². The lowest BCUT2D eigenvalue weighted by molar-refractivity contribution is -0.0137. The van der Waals surface area contributed by atoms with E-state index >= 15 is 0 Å². The monoisotopic (exact) mass is 424 g/mol. The Bertz CT molecular complexity index is 1160. The first-order valence-corrected chi connectivity index (χ1v) is 10.4. The van der Waals surface area contributed by atoms with E-state index in [0.29, 0.717) is 36.9 Å². The van der Waals surface area contributed by atoms with Gasteiger partial charge in [0.25, 0.3) is 0 Å². The molecule has 2 aromatic heterocycles. The molecule has 7 nitrogen and oxygen atoms in total. The lowest BCUT2D eigenvalue weighted by Gasteiger charge is -2.42. The normalized spacial score (nSPS) is 22.2. The first-order chi connectivity index (χ1) is 15.0. The van der Waals surface area contributed by atoms with Crippen LogP contribution in [0.2, 0.25) is 0 Å². The second-order valence-electron chi connectivity index (χ2n) is 8.00. The Morgan fingerprint density at radius 3 is 2.97 bits per heavy atom. The number of halogens is 2. The number of nitriles is 1. The average Bonchev–Trinajstić information content (AvgIpc) is 3.18. The summed E-state index contributed by atoms with van der Waals surface area (Å²) in [5.74, 6) is -0.751. The molecule has 1 aromatic carbocycles. The van der Waals surface area contributed by atoms with E-state index < -0.39 is 11.6 Å². The number of fused-ring (bicyclic) bond motifs is 2. The molecule has 4 heterocycles. The number of morpholine rings is 1. The summed E-state index contributed by atoms with van der Waals surface area (Å²) in [6.45, 7) is 4.74. The summed E-state index contributed by atoms with van der Waals surface area (Å²) in [4.78, 5) is 11.1. The van der Waals surface area contributed by atoms with Gasteiger partial charge >= 0.3 is 0 Å². The number of pyridine rings is 1. The molecule has 0 bridgehead atoms. The van der Waals surface area contributed by atoms with E-state index in [0.717, 1.165) is 19.0 Å². The molecule has 0 amide bonds. The summed E-state index contributed by atoms with van der Waals surface area (Å²) in [6.07, 6.45) is 2.46. The zero-order valence-electron chi connectivity index (χ0n) is 17.1. The molecule has 160 valence electrons. The van der Waals surface area contributed by atoms with Gasteiger partial charge in [-0.15, -0.1) is 0 Å². The van der Waals surface area contributed by atoms with Crippen molar-refractivity contribution in [3.63, 3.8) is 0 Å². The van der Waals surface area contributed by atoms with Gasteiger partial charge in [-0.3, -0.25) is 9.55 Å². The van der Waals surface area contributed by atoms with Gasteiger partial charge < -0.3 is 15.0 Å². The summed E-state index contributed by atoms with van der Waals surface area (Å²) in [5, 5.41) is 12.5. The number of benzene rings is 1. The lowest BCUT2D eigenvalue weighted by Crippen LogP contribution is -2.58. The molecule has 2 aliphatic heterocycles. The van der Waals surface area contributed by atoms with Gasteiger partial charge in [0.1, 0.15) is 17.4 Å². The van der Waals surface area contributed by atoms with E-state index in [2.05, 4.69) is 26.3 Å². The van der Waals surface area contributed by atoms with Gasteiger partial charge in [0.15, 0.2) is 5.82 Å². The van der Waals surface area contributed by atoms with Gasteiger partial charge in [-0.05, 0) is 25.5 Å². The van der Waals surface area contributed by atoms with Crippen molar-refractivity contribution in [1.29, 1.82) is 5.26 Å². The van der Waals surface area contributed by atoms with Crippen molar-refractivity contribution in [2.75, 3.05) is 31.1 Å². The van der Waals surface area contributed by atoms with Crippen molar-refractivity contribution in [3.8, 4) is 6.07 Å². The van der Waals surface area contributed by atoms with Gasteiger partial charge in [-0.25, -0.2) is 13.8 Å². The molecule has 0 saturated carbocycles. The van der Waals surface area contributed by atoms with Crippen molar-refractivity contribution in [2.45, 2.75) is 31.5 Å². The first kappa shape index (κ1) is 19.8. The number of hydrogen-bond donors (Lipinski definition) is 1. The number of nitrogens with one attached hydrogen (secondary N) is 1. The number of anilines is 1. The molecule has 2 fully saturated rings. The maximum atomic E-state index is 14.9. The van der Waals surface area contributed by atoms with E-state index in [-0.39, 0.29) is 29.2 Å². The minimum absolute atomic E-state index is 0.148. The molecular weight excluding hydrogens is 402 g/mol. The second-order valence-corrected chi connectivity index (χ2v) is 8.00. The molecule has 0 radical (unpaired) electrons. The van der Waals surface area contributed by atoms with E-state index in [1.165, 1.54) is 12.3 Å². The van der Waals surface area contributed by atoms with Crippen molar-refractivity contribution in [1.82, 2.24) is 19.9 Å². The first-order valence-electron chi connectivity index (χ1n) is 10.4. The van der Waals surface area contributed by atoms with Crippen LogP contribution in [0.4, 0.5) is 14.7 Å². The minimum atomic E-state index is -0.664. The summed E-state index contributed by atoms with van der Waals surface area (Å²) < 4.78 is 36.5. The van der Waals surface area contributed by atoms with Crippen LogP contribution in [0.3, 0.4) is 0 Å². The third kappa shape index (κ3) is 3.52. The molecule has 5 rings (SSSR count). The number of aromatic nitrogens is 3. The predicted molar refractivity (Wildman–Crippen MR) is 111 cm³/mol. The quantitative estimate of drug-likeness (QED) is 0.697. The number of nitrogens with zero attached hydrogens (tertiary/aromatic N) is 5. The van der Waals surface area contributed by atoms with E-state index in [1.54, 1.807) is 16.7 Å². The Labute approximate surface area is 178 Å². The highest BCUT2D eigenvalue weighted by Gasteiger charge is 2.35. The number of ether oxygens (including phenoxy) is 1. The highest BCUT2D eigenvalue weighted by atomic mass is 19.1. The van der Waals surface area contributed by atoms with Crippen LogP contribution in [-0.2, 0) is 4.74 Å². The van der Waals surface area contributed by atoms with Crippen LogP contribution < -0.4 is 10.2 Å². The Kier molecular flexibility index (Phi) is 5.04. The molecule has 0 spiro atoms. The Hall–Kier alpha value is -3.09. The Balaban J connectivity index is 1.60. The molecule has 3 atom stereocenters. The fourth-order valence-corrected chi connectivity index (χ4v) is 4.54. The average molecular weight is 424 g/mol. The van der Waals surface area contributed by atoms with Crippen LogP contribution in [0, 0.1) is 23.0 Å². The van der Waals surface area contributed by atoms with Gasteiger partial charge in [0, 0.05) is 38.0 Å². The molecule has 9 heteroatoms. The predicted octanol–water partition coefficient (Wildman–Crippen LogP) is 2.76. The zero-order chi connectivity index (χ0) is 21.5. The van der Waals surface area contributed by atoms with E-state index in [4.69, 9.17) is 10.00 Å². The van der Waals surface area contributed by atoms with E-state index in [1.807, 2.05) is 6.92 Å². The zero-order valence-corrected chi connectivity index (χ0v) is 17.1. The molecular formula is C22H22F2N6O. The maximum Gasteiger partial charge on any atom is 0.207 e. The number of imidazole rings is 1. The molecule has 0 aliphatic carbocycles. The van der Waals surface area contributed by atoms with Crippen LogP contribution in [0.1, 0.15) is 30.6 Å². The minimum Gasteiger partial charge on any atom is -0.375 e. The summed E-state index contributed by atoms with van der Waals surface area (Å²) in [6, 6.07) is 7.40. The molecule has 2 aliphatic rings. The molecule has 31 heavy (non-hydrogen) atoms. The van der Waals surface area contributed by atoms with Gasteiger partial charge in [0.05, 0.1) is 41.6 Å². The van der Waals surface area contributed by atoms with Gasteiger partial charge in [-0.2, -0.15) is 5.26 Å². The van der Waals surface area contributed by atoms with Crippen LogP contribution in [0.5, 0.6) is 0 Å². The smallest absolute Gasteiger partial charge is 0.207 e. The van der Waals surface area contributed by atoms with E-state index in [9.17, 15) is 8.78 Å². The number of rotatable bonds is 3. The second kappa shape index (κ2) is 7.87. The molecule has 1 N–H and O–H groups in total. The van der Waals surface area contributed by atoms with Crippen LogP contribution in [0.25, 0.3) is 11.0 Å². The highest BCUT2D eigenvalue weighted by molar-refractivity contribution is 5.80. The SMILES string of the molecule is CC(c1ccc(C#N)cn1)n1c(N2CC[C@@H]3OCCN[C@H]3C2)nc2cc(F)cc(F)c21. The van der Waals surface area contributed by atoms with Crippen LogP contribution in [-0.4, -0.2) is 52.9 Å². The third-order valence-corrected chi connectivity index (χ3v) is 6.09. The maximum absolute atomic E-state index is 14.9. The Morgan fingerprint density at radius 2 is 2.19 bits per heavy atom. The topological polar surface area (TPSA) is 79.0 Å². The lowest BCUT2D eigenvalue weighted by atomic mass is 10.0. The fourth-order valence-electron chi connectivity index (χ4n) is 4.54. The number of hydrogen-bond acceptors (Lipinski definition) is 6. The summed E-state index contributed by atoms with van der Waals surface area (Å²) >= 11 is 0. The largest absolute Gasteiger partial charge is 0.375 e. The van der Waals surface area contributed by atoms with Gasteiger partial charge in [-0.1, -0.05) is 0 Å². The van der Waals surface area contributed by atoms with Crippen LogP contribution >= 0.6 is 0 Å².